The molecule has 1 fully saturated rings. The number of nitrogens with zero attached hydrogens (tertiary/aromatic N) is 1. The predicted octanol–water partition coefficient (Wildman–Crippen LogP) is 1.99. The van der Waals surface area contributed by atoms with Crippen molar-refractivity contribution in [3.8, 4) is 5.75 Å². The summed E-state index contributed by atoms with van der Waals surface area (Å²) in [5.41, 5.74) is 2.47. The second-order valence-electron chi connectivity index (χ2n) is 7.29. The number of hydrogen-bond acceptors (Lipinski definition) is 5. The Morgan fingerprint density at radius 3 is 2.69 bits per heavy atom. The third-order valence-electron chi connectivity index (χ3n) is 4.81. The number of hydroxylamine groups is 1. The van der Waals surface area contributed by atoms with Gasteiger partial charge in [0, 0.05) is 17.7 Å². The molecule has 2 aliphatic heterocycles. The molecule has 2 atom stereocenters. The zero-order chi connectivity index (χ0) is 18.2. The quantitative estimate of drug-likeness (QED) is 0.603. The van der Waals surface area contributed by atoms with Gasteiger partial charge in [-0.15, -0.1) is 0 Å². The zero-order valence-electron chi connectivity index (χ0n) is 15.2. The number of rotatable bonds is 2. The van der Waals surface area contributed by atoms with Crippen LogP contribution in [0.3, 0.4) is 0 Å². The number of carbonyl (C=O) groups is 2. The van der Waals surface area contributed by atoms with Crippen LogP contribution >= 0.6 is 13.5 Å². The van der Waals surface area contributed by atoms with E-state index in [2.05, 4.69) is 0 Å². The molecular weight excluding hydrogens is 356 g/mol. The number of amides is 2. The fraction of sp³-hybridized carbons (Fsp3) is 0.556. The summed E-state index contributed by atoms with van der Waals surface area (Å²) >= 11 is 0. The molecule has 2 aliphatic rings. The predicted molar refractivity (Wildman–Crippen MR) is 99.8 cm³/mol. The Bertz CT molecular complexity index is 694. The summed E-state index contributed by atoms with van der Waals surface area (Å²) in [5, 5.41) is 8.76. The van der Waals surface area contributed by atoms with Crippen molar-refractivity contribution in [1.82, 2.24) is 10.4 Å². The molecule has 0 saturated carbocycles. The molecule has 0 bridgehead atoms. The Kier molecular flexibility index (Phi) is 6.21. The van der Waals surface area contributed by atoms with E-state index in [0.29, 0.717) is 24.5 Å². The minimum atomic E-state index is -0.599. The molecule has 0 aliphatic carbocycles. The number of nitrogens with one attached hydrogen (secondary N) is 1. The maximum Gasteiger partial charge on any atom is 0.274 e. The number of hydrogen-bond donors (Lipinski definition) is 2. The summed E-state index contributed by atoms with van der Waals surface area (Å²) in [4.78, 5) is 26.3. The molecule has 2 N–H and O–H groups in total. The first kappa shape index (κ1) is 20.5. The largest absolute Gasteiger partial charge is 0.491 e. The van der Waals surface area contributed by atoms with Gasteiger partial charge in [0.2, 0.25) is 0 Å². The van der Waals surface area contributed by atoms with Crippen LogP contribution in [0.25, 0.3) is 0 Å². The van der Waals surface area contributed by atoms with Gasteiger partial charge in [0.25, 0.3) is 11.8 Å². The van der Waals surface area contributed by atoms with Gasteiger partial charge in [-0.1, -0.05) is 6.07 Å². The van der Waals surface area contributed by atoms with Gasteiger partial charge in [-0.25, -0.2) is 5.48 Å². The van der Waals surface area contributed by atoms with E-state index in [-0.39, 0.29) is 31.0 Å². The second kappa shape index (κ2) is 7.85. The van der Waals surface area contributed by atoms with Crippen molar-refractivity contribution in [3.63, 3.8) is 0 Å². The SMILES string of the molecule is C[C@H]1COc2cc(C(=O)NO)ccc2CN1C(=O)C1CCC(C)(C)O1.S. The maximum absolute atomic E-state index is 12.9. The minimum absolute atomic E-state index is 0. The fourth-order valence-corrected chi connectivity index (χ4v) is 3.30. The van der Waals surface area contributed by atoms with E-state index in [0.717, 1.165) is 18.4 Å². The van der Waals surface area contributed by atoms with Crippen LogP contribution < -0.4 is 10.2 Å². The topological polar surface area (TPSA) is 88.1 Å². The Labute approximate surface area is 160 Å². The van der Waals surface area contributed by atoms with E-state index in [1.807, 2.05) is 20.8 Å². The average molecular weight is 382 g/mol. The molecule has 0 aromatic heterocycles. The number of carbonyl (C=O) groups excluding carboxylic acids is 2. The van der Waals surface area contributed by atoms with E-state index < -0.39 is 12.0 Å². The highest BCUT2D eigenvalue weighted by Gasteiger charge is 2.39. The van der Waals surface area contributed by atoms with Gasteiger partial charge in [0.1, 0.15) is 18.5 Å². The number of benzene rings is 1. The molecule has 2 amide bonds. The lowest BCUT2D eigenvalue weighted by Crippen LogP contribution is -2.45. The van der Waals surface area contributed by atoms with E-state index in [4.69, 9.17) is 14.7 Å². The van der Waals surface area contributed by atoms with Crippen molar-refractivity contribution >= 4 is 25.3 Å². The standard InChI is InChI=1S/C18H24N2O5.H2S/c1-11-10-24-15-8-12(16(21)19-23)4-5-13(15)9-20(11)17(22)14-6-7-18(2,3)25-14;/h4-5,8,11,14,23H,6-7,9-10H2,1-3H3,(H,19,21);1H2/t11-,14?;/m0./s1. The van der Waals surface area contributed by atoms with E-state index in [1.54, 1.807) is 28.6 Å². The summed E-state index contributed by atoms with van der Waals surface area (Å²) in [6.45, 7) is 6.66. The summed E-state index contributed by atoms with van der Waals surface area (Å²) in [5.74, 6) is -0.0687. The Morgan fingerprint density at radius 2 is 2.08 bits per heavy atom. The van der Waals surface area contributed by atoms with Crippen LogP contribution in [-0.4, -0.2) is 46.3 Å². The van der Waals surface area contributed by atoms with Gasteiger partial charge in [0.15, 0.2) is 0 Å². The van der Waals surface area contributed by atoms with Gasteiger partial charge in [-0.05, 0) is 45.7 Å². The summed E-state index contributed by atoms with van der Waals surface area (Å²) in [6.07, 6.45) is 1.16. The third-order valence-corrected chi connectivity index (χ3v) is 4.81. The molecule has 1 aromatic rings. The van der Waals surface area contributed by atoms with Crippen LogP contribution in [0.15, 0.2) is 18.2 Å². The van der Waals surface area contributed by atoms with Gasteiger partial charge >= 0.3 is 0 Å². The minimum Gasteiger partial charge on any atom is -0.491 e. The Balaban J connectivity index is 0.00000243. The van der Waals surface area contributed by atoms with Crippen LogP contribution in [0.5, 0.6) is 5.75 Å². The van der Waals surface area contributed by atoms with Gasteiger partial charge in [-0.2, -0.15) is 13.5 Å². The van der Waals surface area contributed by atoms with E-state index in [9.17, 15) is 9.59 Å². The first-order valence-corrected chi connectivity index (χ1v) is 8.49. The van der Waals surface area contributed by atoms with Gasteiger partial charge in [0.05, 0.1) is 11.6 Å². The lowest BCUT2D eigenvalue weighted by molar-refractivity contribution is -0.149. The fourth-order valence-electron chi connectivity index (χ4n) is 3.30. The number of ether oxygens (including phenoxy) is 2. The maximum atomic E-state index is 12.9. The van der Waals surface area contributed by atoms with E-state index >= 15 is 0 Å². The smallest absolute Gasteiger partial charge is 0.274 e. The van der Waals surface area contributed by atoms with Crippen molar-refractivity contribution in [1.29, 1.82) is 0 Å². The van der Waals surface area contributed by atoms with Gasteiger partial charge < -0.3 is 14.4 Å². The van der Waals surface area contributed by atoms with Crippen molar-refractivity contribution in [2.45, 2.75) is 57.9 Å². The summed E-state index contributed by atoms with van der Waals surface area (Å²) in [6, 6.07) is 4.82. The molecule has 1 unspecified atom stereocenters. The molecule has 8 heteroatoms. The van der Waals surface area contributed by atoms with Crippen LogP contribution in [0.4, 0.5) is 0 Å². The van der Waals surface area contributed by atoms with E-state index in [1.165, 1.54) is 0 Å². The average Bonchev–Trinajstić information content (AvgIpc) is 2.87. The van der Waals surface area contributed by atoms with Crippen molar-refractivity contribution < 1.29 is 24.3 Å². The van der Waals surface area contributed by atoms with Crippen LogP contribution in [0.1, 0.15) is 49.5 Å². The van der Waals surface area contributed by atoms with Crippen LogP contribution in [-0.2, 0) is 16.1 Å². The molecule has 2 heterocycles. The Morgan fingerprint density at radius 1 is 1.35 bits per heavy atom. The molecule has 7 nitrogen and oxygen atoms in total. The molecule has 144 valence electrons. The monoisotopic (exact) mass is 382 g/mol. The summed E-state index contributed by atoms with van der Waals surface area (Å²) in [7, 11) is 0. The van der Waals surface area contributed by atoms with Crippen LogP contribution in [0, 0.1) is 0 Å². The molecule has 0 spiro atoms. The first-order valence-electron chi connectivity index (χ1n) is 8.49. The lowest BCUT2D eigenvalue weighted by Gasteiger charge is -2.29. The second-order valence-corrected chi connectivity index (χ2v) is 7.29. The molecule has 1 aromatic carbocycles. The summed E-state index contributed by atoms with van der Waals surface area (Å²) < 4.78 is 11.7. The van der Waals surface area contributed by atoms with Crippen molar-refractivity contribution in [3.05, 3.63) is 29.3 Å². The van der Waals surface area contributed by atoms with Crippen molar-refractivity contribution in [2.24, 2.45) is 0 Å². The number of fused-ring (bicyclic) bond motifs is 1. The highest BCUT2D eigenvalue weighted by Crippen LogP contribution is 2.32. The van der Waals surface area contributed by atoms with Crippen LogP contribution in [0.2, 0.25) is 0 Å². The Hall–Kier alpha value is -1.77. The lowest BCUT2D eigenvalue weighted by atomic mass is 10.0. The highest BCUT2D eigenvalue weighted by atomic mass is 32.1. The third kappa shape index (κ3) is 4.13. The van der Waals surface area contributed by atoms with Gasteiger partial charge in [-0.3, -0.25) is 14.8 Å². The molecular formula is C18H26N2O5S. The molecule has 3 rings (SSSR count). The highest BCUT2D eigenvalue weighted by molar-refractivity contribution is 7.59. The first-order chi connectivity index (χ1) is 11.8. The molecule has 1 saturated heterocycles. The molecule has 26 heavy (non-hydrogen) atoms. The molecule has 0 radical (unpaired) electrons. The zero-order valence-corrected chi connectivity index (χ0v) is 16.2. The normalized spacial score (nSPS) is 23.9. The van der Waals surface area contributed by atoms with Crippen molar-refractivity contribution in [2.75, 3.05) is 6.61 Å².